The molecule has 148 valence electrons. The number of piperazine rings is 1. The number of anilines is 2. The molecule has 1 amide bonds. The van der Waals surface area contributed by atoms with E-state index in [1.165, 1.54) is 19.3 Å². The van der Waals surface area contributed by atoms with Crippen molar-refractivity contribution >= 4 is 40.7 Å². The minimum absolute atomic E-state index is 0.0622. The Morgan fingerprint density at radius 3 is 1.96 bits per heavy atom. The van der Waals surface area contributed by atoms with Crippen LogP contribution >= 0.6 is 23.2 Å². The van der Waals surface area contributed by atoms with Gasteiger partial charge >= 0.3 is 0 Å². The number of nitrogens with zero attached hydrogens (tertiary/aromatic N) is 5. The van der Waals surface area contributed by atoms with Gasteiger partial charge in [0.2, 0.25) is 0 Å². The maximum atomic E-state index is 12.7. The summed E-state index contributed by atoms with van der Waals surface area (Å²) in [6, 6.07) is 9.07. The zero-order valence-corrected chi connectivity index (χ0v) is 17.2. The molecule has 0 unspecified atom stereocenters. The first-order valence-electron chi connectivity index (χ1n) is 9.70. The third-order valence-electron chi connectivity index (χ3n) is 5.37. The highest BCUT2D eigenvalue weighted by Crippen LogP contribution is 2.24. The quantitative estimate of drug-likeness (QED) is 0.758. The summed E-state index contributed by atoms with van der Waals surface area (Å²) in [5.74, 6) is 1.75. The highest BCUT2D eigenvalue weighted by molar-refractivity contribution is 6.36. The molecule has 0 N–H and O–H groups in total. The van der Waals surface area contributed by atoms with E-state index in [0.717, 1.165) is 24.7 Å². The minimum Gasteiger partial charge on any atom is -0.355 e. The summed E-state index contributed by atoms with van der Waals surface area (Å²) in [6.07, 6.45) is 3.74. The second-order valence-corrected chi connectivity index (χ2v) is 8.04. The lowest BCUT2D eigenvalue weighted by atomic mass is 10.1. The van der Waals surface area contributed by atoms with Crippen LogP contribution in [0.15, 0.2) is 30.3 Å². The molecule has 0 atom stereocenters. The molecular formula is C20H23Cl2N5O. The molecule has 0 radical (unpaired) electrons. The molecule has 1 aromatic carbocycles. The minimum atomic E-state index is -0.0622. The van der Waals surface area contributed by atoms with Crippen LogP contribution in [-0.4, -0.2) is 60.3 Å². The molecule has 2 fully saturated rings. The van der Waals surface area contributed by atoms with Gasteiger partial charge in [-0.25, -0.2) is 0 Å². The number of aromatic nitrogens is 2. The fraction of sp³-hybridized carbons (Fsp3) is 0.450. The van der Waals surface area contributed by atoms with Gasteiger partial charge in [-0.15, -0.1) is 10.2 Å². The van der Waals surface area contributed by atoms with E-state index < -0.39 is 0 Å². The Morgan fingerprint density at radius 1 is 0.786 bits per heavy atom. The summed E-state index contributed by atoms with van der Waals surface area (Å²) in [4.78, 5) is 19.0. The van der Waals surface area contributed by atoms with Crippen molar-refractivity contribution < 1.29 is 4.79 Å². The number of hydrogen-bond donors (Lipinski definition) is 0. The molecule has 0 saturated carbocycles. The summed E-state index contributed by atoms with van der Waals surface area (Å²) in [5.41, 5.74) is 0.491. The van der Waals surface area contributed by atoms with Gasteiger partial charge in [-0.1, -0.05) is 23.2 Å². The van der Waals surface area contributed by atoms with Gasteiger partial charge in [0.15, 0.2) is 11.6 Å². The maximum absolute atomic E-state index is 12.7. The second-order valence-electron chi connectivity index (χ2n) is 7.20. The third kappa shape index (κ3) is 4.18. The van der Waals surface area contributed by atoms with E-state index in [0.29, 0.717) is 41.8 Å². The normalized spacial score (nSPS) is 17.7. The van der Waals surface area contributed by atoms with Crippen molar-refractivity contribution in [1.29, 1.82) is 0 Å². The number of amides is 1. The molecule has 2 aromatic rings. The first-order chi connectivity index (χ1) is 13.6. The lowest BCUT2D eigenvalue weighted by Gasteiger charge is -2.35. The fourth-order valence-electron chi connectivity index (χ4n) is 3.75. The number of carbonyl (C=O) groups excluding carboxylic acids is 1. The van der Waals surface area contributed by atoms with Crippen molar-refractivity contribution in [2.24, 2.45) is 0 Å². The zero-order chi connectivity index (χ0) is 19.5. The third-order valence-corrected chi connectivity index (χ3v) is 5.92. The van der Waals surface area contributed by atoms with Crippen molar-refractivity contribution in [3.8, 4) is 0 Å². The molecule has 0 bridgehead atoms. The highest BCUT2D eigenvalue weighted by atomic mass is 35.5. The van der Waals surface area contributed by atoms with E-state index >= 15 is 0 Å². The Labute approximate surface area is 175 Å². The van der Waals surface area contributed by atoms with E-state index in [4.69, 9.17) is 23.2 Å². The monoisotopic (exact) mass is 419 g/mol. The summed E-state index contributed by atoms with van der Waals surface area (Å²) >= 11 is 12.1. The van der Waals surface area contributed by atoms with Crippen LogP contribution in [0.3, 0.4) is 0 Å². The van der Waals surface area contributed by atoms with Gasteiger partial charge in [-0.3, -0.25) is 4.79 Å². The van der Waals surface area contributed by atoms with Crippen LogP contribution < -0.4 is 9.80 Å². The SMILES string of the molecule is O=C(c1ccc(Cl)cc1Cl)N1CCN(c2ccc(N3CCCCC3)nn2)CC1. The predicted octanol–water partition coefficient (Wildman–Crippen LogP) is 3.74. The molecule has 0 spiro atoms. The van der Waals surface area contributed by atoms with Gasteiger partial charge < -0.3 is 14.7 Å². The van der Waals surface area contributed by atoms with E-state index in [2.05, 4.69) is 26.1 Å². The van der Waals surface area contributed by atoms with Gasteiger partial charge in [0.1, 0.15) is 0 Å². The Kier molecular flexibility index (Phi) is 5.87. The highest BCUT2D eigenvalue weighted by Gasteiger charge is 2.24. The first kappa shape index (κ1) is 19.3. The fourth-order valence-corrected chi connectivity index (χ4v) is 4.24. The van der Waals surface area contributed by atoms with Crippen LogP contribution in [0.2, 0.25) is 10.0 Å². The molecule has 28 heavy (non-hydrogen) atoms. The Balaban J connectivity index is 1.36. The van der Waals surface area contributed by atoms with Gasteiger partial charge in [0, 0.05) is 44.3 Å². The van der Waals surface area contributed by atoms with Crippen molar-refractivity contribution in [2.45, 2.75) is 19.3 Å². The van der Waals surface area contributed by atoms with Crippen LogP contribution in [0.1, 0.15) is 29.6 Å². The number of piperidine rings is 1. The molecule has 8 heteroatoms. The summed E-state index contributed by atoms with van der Waals surface area (Å²) in [7, 11) is 0. The predicted molar refractivity (Wildman–Crippen MR) is 113 cm³/mol. The van der Waals surface area contributed by atoms with Crippen LogP contribution in [0.5, 0.6) is 0 Å². The largest absolute Gasteiger partial charge is 0.355 e. The molecule has 6 nitrogen and oxygen atoms in total. The topological polar surface area (TPSA) is 52.6 Å². The van der Waals surface area contributed by atoms with Gasteiger partial charge in [0.05, 0.1) is 10.6 Å². The number of carbonyl (C=O) groups is 1. The lowest BCUT2D eigenvalue weighted by Crippen LogP contribution is -2.49. The van der Waals surface area contributed by atoms with Crippen molar-refractivity contribution in [2.75, 3.05) is 49.1 Å². The van der Waals surface area contributed by atoms with E-state index in [9.17, 15) is 4.79 Å². The number of halogens is 2. The first-order valence-corrected chi connectivity index (χ1v) is 10.5. The van der Waals surface area contributed by atoms with Gasteiger partial charge in [-0.2, -0.15) is 0 Å². The van der Waals surface area contributed by atoms with Crippen LogP contribution in [0, 0.1) is 0 Å². The van der Waals surface area contributed by atoms with Gasteiger partial charge in [-0.05, 0) is 49.6 Å². The smallest absolute Gasteiger partial charge is 0.255 e. The van der Waals surface area contributed by atoms with E-state index in [1.807, 2.05) is 11.0 Å². The standard InChI is InChI=1S/C20H23Cl2N5O/c21-15-4-5-16(17(22)14-15)20(28)27-12-10-26(11-13-27)19-7-6-18(23-24-19)25-8-2-1-3-9-25/h4-7,14H,1-3,8-13H2. The number of hydrogen-bond acceptors (Lipinski definition) is 5. The summed E-state index contributed by atoms with van der Waals surface area (Å²) in [5, 5.41) is 9.76. The molecule has 2 aliphatic rings. The number of benzene rings is 1. The molecule has 0 aliphatic carbocycles. The van der Waals surface area contributed by atoms with E-state index in [1.54, 1.807) is 18.2 Å². The van der Waals surface area contributed by atoms with E-state index in [-0.39, 0.29) is 5.91 Å². The zero-order valence-electron chi connectivity index (χ0n) is 15.7. The van der Waals surface area contributed by atoms with Crippen molar-refractivity contribution in [3.63, 3.8) is 0 Å². The summed E-state index contributed by atoms with van der Waals surface area (Å²) < 4.78 is 0. The molecule has 2 aliphatic heterocycles. The van der Waals surface area contributed by atoms with Crippen LogP contribution in [0.25, 0.3) is 0 Å². The summed E-state index contributed by atoms with van der Waals surface area (Å²) in [6.45, 7) is 4.79. The Hall–Kier alpha value is -2.05. The van der Waals surface area contributed by atoms with Crippen molar-refractivity contribution in [3.05, 3.63) is 45.9 Å². The average Bonchev–Trinajstić information content (AvgIpc) is 2.74. The maximum Gasteiger partial charge on any atom is 0.255 e. The van der Waals surface area contributed by atoms with Crippen molar-refractivity contribution in [1.82, 2.24) is 15.1 Å². The second kappa shape index (κ2) is 8.53. The molecule has 3 heterocycles. The molecule has 1 aromatic heterocycles. The molecule has 2 saturated heterocycles. The van der Waals surface area contributed by atoms with Crippen LogP contribution in [0.4, 0.5) is 11.6 Å². The number of rotatable bonds is 3. The Bertz CT molecular complexity index is 831. The van der Waals surface area contributed by atoms with Crippen LogP contribution in [-0.2, 0) is 0 Å². The molecule has 4 rings (SSSR count). The average molecular weight is 420 g/mol. The van der Waals surface area contributed by atoms with Gasteiger partial charge in [0.25, 0.3) is 5.91 Å². The molecular weight excluding hydrogens is 397 g/mol. The Morgan fingerprint density at radius 2 is 1.39 bits per heavy atom. The lowest BCUT2D eigenvalue weighted by molar-refractivity contribution is 0.0746.